The molecule has 0 radical (unpaired) electrons. The number of hydrogen-bond acceptors (Lipinski definition) is 6. The van der Waals surface area contributed by atoms with E-state index < -0.39 is 0 Å². The second-order valence-corrected chi connectivity index (χ2v) is 8.60. The summed E-state index contributed by atoms with van der Waals surface area (Å²) in [7, 11) is 3.69. The van der Waals surface area contributed by atoms with Crippen molar-refractivity contribution in [2.24, 2.45) is 12.0 Å². The summed E-state index contributed by atoms with van der Waals surface area (Å²) in [6, 6.07) is 12.7. The molecule has 1 unspecified atom stereocenters. The highest BCUT2D eigenvalue weighted by Crippen LogP contribution is 2.30. The molecule has 1 fully saturated rings. The molecule has 4 rings (SSSR count). The van der Waals surface area contributed by atoms with E-state index in [1.807, 2.05) is 30.7 Å². The number of aryl methyl sites for hydroxylation is 1. The van der Waals surface area contributed by atoms with Gasteiger partial charge in [0, 0.05) is 31.1 Å². The molecule has 1 aliphatic rings. The first-order valence-electron chi connectivity index (χ1n) is 10.4. The molecule has 1 aliphatic heterocycles. The minimum absolute atomic E-state index is 0.292. The number of rotatable bonds is 7. The Morgan fingerprint density at radius 1 is 1.26 bits per heavy atom. The number of ether oxygens (including phenoxy) is 1. The average Bonchev–Trinajstić information content (AvgIpc) is 3.54. The zero-order chi connectivity index (χ0) is 21.6. The third-order valence-electron chi connectivity index (χ3n) is 5.53. The van der Waals surface area contributed by atoms with Crippen LogP contribution in [0.4, 0.5) is 5.69 Å². The van der Waals surface area contributed by atoms with E-state index in [2.05, 4.69) is 55.4 Å². The number of thiophene rings is 1. The average molecular weight is 440 g/mol. The van der Waals surface area contributed by atoms with Crippen LogP contribution in [0.25, 0.3) is 0 Å². The maximum atomic E-state index is 5.54. The van der Waals surface area contributed by atoms with Gasteiger partial charge in [-0.1, -0.05) is 18.2 Å². The van der Waals surface area contributed by atoms with Gasteiger partial charge in [-0.15, -0.1) is 21.5 Å². The molecule has 0 bridgehead atoms. The van der Waals surface area contributed by atoms with Crippen molar-refractivity contribution in [3.8, 4) is 5.75 Å². The van der Waals surface area contributed by atoms with Crippen LogP contribution in [0.3, 0.4) is 0 Å². The van der Waals surface area contributed by atoms with Crippen molar-refractivity contribution in [2.75, 3.05) is 25.1 Å². The predicted molar refractivity (Wildman–Crippen MR) is 125 cm³/mol. The number of anilines is 1. The molecule has 1 atom stereocenters. The molecule has 31 heavy (non-hydrogen) atoms. The molecule has 9 heteroatoms. The number of guanidine groups is 1. The fourth-order valence-corrected chi connectivity index (χ4v) is 4.30. The SMILES string of the molecule is COc1ccccc1N1CCC(NC(=NCc2nnc(C)n2C)NCc2cccs2)C1. The number of aliphatic imine (C=N–C) groups is 1. The standard InChI is InChI=1S/C22H29N7OS/c1-16-26-27-21(28(16)2)14-24-22(23-13-18-7-6-12-31-18)25-17-10-11-29(15-17)19-8-4-5-9-20(19)30-3/h4-9,12,17H,10-11,13-15H2,1-3H3,(H2,23,24,25). The molecule has 0 aliphatic carbocycles. The van der Waals surface area contributed by atoms with E-state index in [4.69, 9.17) is 9.73 Å². The lowest BCUT2D eigenvalue weighted by Gasteiger charge is -2.22. The van der Waals surface area contributed by atoms with E-state index >= 15 is 0 Å². The Morgan fingerprint density at radius 3 is 2.87 bits per heavy atom. The summed E-state index contributed by atoms with van der Waals surface area (Å²) in [5, 5.41) is 17.5. The van der Waals surface area contributed by atoms with Gasteiger partial charge in [-0.3, -0.25) is 0 Å². The van der Waals surface area contributed by atoms with E-state index in [0.717, 1.165) is 55.1 Å². The van der Waals surface area contributed by atoms with Gasteiger partial charge in [-0.05, 0) is 36.9 Å². The second-order valence-electron chi connectivity index (χ2n) is 7.57. The molecule has 0 spiro atoms. The Morgan fingerprint density at radius 2 is 2.13 bits per heavy atom. The number of para-hydroxylation sites is 2. The molecule has 0 saturated carbocycles. The Kier molecular flexibility index (Phi) is 6.71. The maximum Gasteiger partial charge on any atom is 0.192 e. The summed E-state index contributed by atoms with van der Waals surface area (Å²) >= 11 is 1.74. The van der Waals surface area contributed by atoms with Crippen LogP contribution in [0.15, 0.2) is 46.8 Å². The predicted octanol–water partition coefficient (Wildman–Crippen LogP) is 2.71. The van der Waals surface area contributed by atoms with Crippen molar-refractivity contribution in [3.63, 3.8) is 0 Å². The quantitative estimate of drug-likeness (QED) is 0.435. The number of methoxy groups -OCH3 is 1. The van der Waals surface area contributed by atoms with E-state index in [0.29, 0.717) is 12.6 Å². The molecule has 2 N–H and O–H groups in total. The molecule has 164 valence electrons. The van der Waals surface area contributed by atoms with Gasteiger partial charge in [0.15, 0.2) is 11.8 Å². The van der Waals surface area contributed by atoms with Crippen molar-refractivity contribution < 1.29 is 4.74 Å². The Hall–Kier alpha value is -3.07. The molecular weight excluding hydrogens is 410 g/mol. The number of nitrogens with zero attached hydrogens (tertiary/aromatic N) is 5. The van der Waals surface area contributed by atoms with Gasteiger partial charge in [-0.2, -0.15) is 0 Å². The summed E-state index contributed by atoms with van der Waals surface area (Å²) in [6.07, 6.45) is 1.03. The number of benzene rings is 1. The third-order valence-corrected chi connectivity index (χ3v) is 6.40. The molecular formula is C22H29N7OS. The topological polar surface area (TPSA) is 79.6 Å². The van der Waals surface area contributed by atoms with Crippen molar-refractivity contribution in [1.82, 2.24) is 25.4 Å². The van der Waals surface area contributed by atoms with E-state index in [-0.39, 0.29) is 0 Å². The molecule has 3 heterocycles. The summed E-state index contributed by atoms with van der Waals surface area (Å²) < 4.78 is 7.51. The van der Waals surface area contributed by atoms with Gasteiger partial charge in [-0.25, -0.2) is 4.99 Å². The van der Waals surface area contributed by atoms with Crippen LogP contribution in [0.5, 0.6) is 5.75 Å². The van der Waals surface area contributed by atoms with Gasteiger partial charge in [0.1, 0.15) is 18.1 Å². The highest BCUT2D eigenvalue weighted by atomic mass is 32.1. The van der Waals surface area contributed by atoms with Gasteiger partial charge in [0.25, 0.3) is 0 Å². The van der Waals surface area contributed by atoms with Gasteiger partial charge >= 0.3 is 0 Å². The lowest BCUT2D eigenvalue weighted by atomic mass is 10.2. The van der Waals surface area contributed by atoms with Crippen molar-refractivity contribution in [1.29, 1.82) is 0 Å². The minimum atomic E-state index is 0.292. The Labute approximate surface area is 187 Å². The lowest BCUT2D eigenvalue weighted by molar-refractivity contribution is 0.415. The summed E-state index contributed by atoms with van der Waals surface area (Å²) in [6.45, 7) is 5.02. The zero-order valence-corrected chi connectivity index (χ0v) is 19.0. The maximum absolute atomic E-state index is 5.54. The number of nitrogens with one attached hydrogen (secondary N) is 2. The van der Waals surface area contributed by atoms with Crippen LogP contribution in [0, 0.1) is 6.92 Å². The van der Waals surface area contributed by atoms with Crippen molar-refractivity contribution >= 4 is 23.0 Å². The smallest absolute Gasteiger partial charge is 0.192 e. The fraction of sp³-hybridized carbons (Fsp3) is 0.409. The van der Waals surface area contributed by atoms with Crippen LogP contribution in [-0.4, -0.2) is 47.0 Å². The zero-order valence-electron chi connectivity index (χ0n) is 18.2. The van der Waals surface area contributed by atoms with E-state index in [9.17, 15) is 0 Å². The van der Waals surface area contributed by atoms with Crippen molar-refractivity contribution in [3.05, 3.63) is 58.3 Å². The monoisotopic (exact) mass is 439 g/mol. The second kappa shape index (κ2) is 9.82. The Bertz CT molecular complexity index is 1010. The molecule has 1 aromatic carbocycles. The first-order valence-corrected chi connectivity index (χ1v) is 11.3. The summed E-state index contributed by atoms with van der Waals surface area (Å²) in [5.74, 6) is 3.43. The van der Waals surface area contributed by atoms with Gasteiger partial charge in [0.2, 0.25) is 0 Å². The fourth-order valence-electron chi connectivity index (χ4n) is 3.66. The third kappa shape index (κ3) is 5.16. The minimum Gasteiger partial charge on any atom is -0.495 e. The van der Waals surface area contributed by atoms with Crippen LogP contribution in [0.2, 0.25) is 0 Å². The largest absolute Gasteiger partial charge is 0.495 e. The number of hydrogen-bond donors (Lipinski definition) is 2. The van der Waals surface area contributed by atoms with Crippen LogP contribution in [0.1, 0.15) is 22.9 Å². The normalized spacial score (nSPS) is 16.5. The summed E-state index contributed by atoms with van der Waals surface area (Å²) in [5.41, 5.74) is 1.13. The van der Waals surface area contributed by atoms with Gasteiger partial charge < -0.3 is 24.8 Å². The molecule has 1 saturated heterocycles. The lowest BCUT2D eigenvalue weighted by Crippen LogP contribution is -2.44. The van der Waals surface area contributed by atoms with Crippen LogP contribution < -0.4 is 20.3 Å². The van der Waals surface area contributed by atoms with E-state index in [1.165, 1.54) is 4.88 Å². The molecule has 0 amide bonds. The molecule has 3 aromatic rings. The molecule has 2 aromatic heterocycles. The first kappa shape index (κ1) is 21.2. The Balaban J connectivity index is 1.43. The van der Waals surface area contributed by atoms with Gasteiger partial charge in [0.05, 0.1) is 19.3 Å². The van der Waals surface area contributed by atoms with Crippen molar-refractivity contribution in [2.45, 2.75) is 32.5 Å². The van der Waals surface area contributed by atoms with Crippen LogP contribution in [-0.2, 0) is 20.1 Å². The highest BCUT2D eigenvalue weighted by Gasteiger charge is 2.25. The summed E-state index contributed by atoms with van der Waals surface area (Å²) in [4.78, 5) is 8.43. The van der Waals surface area contributed by atoms with E-state index in [1.54, 1.807) is 18.4 Å². The first-order chi connectivity index (χ1) is 15.1. The highest BCUT2D eigenvalue weighted by molar-refractivity contribution is 7.09. The van der Waals surface area contributed by atoms with Crippen LogP contribution >= 0.6 is 11.3 Å². The number of aromatic nitrogens is 3. The molecule has 8 nitrogen and oxygen atoms in total.